The number of carboxylic acids is 1. The van der Waals surface area contributed by atoms with Crippen LogP contribution in [-0.4, -0.2) is 17.0 Å². The summed E-state index contributed by atoms with van der Waals surface area (Å²) in [5.74, 6) is -2.61. The van der Waals surface area contributed by atoms with Gasteiger partial charge in [-0.25, -0.2) is 9.18 Å². The van der Waals surface area contributed by atoms with Gasteiger partial charge in [0.2, 0.25) is 0 Å². The van der Waals surface area contributed by atoms with Crippen molar-refractivity contribution in [2.24, 2.45) is 0 Å². The predicted molar refractivity (Wildman–Crippen MR) is 77.2 cm³/mol. The molecule has 0 fully saturated rings. The molecule has 108 valence electrons. The van der Waals surface area contributed by atoms with Crippen molar-refractivity contribution >= 4 is 34.9 Å². The fraction of sp³-hybridized carbons (Fsp3) is 0. The fourth-order valence-corrected chi connectivity index (χ4v) is 1.84. The number of nitrogens with one attached hydrogen (secondary N) is 1. The first kappa shape index (κ1) is 14.8. The highest BCUT2D eigenvalue weighted by atomic mass is 35.5. The van der Waals surface area contributed by atoms with Crippen LogP contribution >= 0.6 is 11.6 Å². The van der Waals surface area contributed by atoms with Gasteiger partial charge in [0, 0.05) is 10.6 Å². The second-order valence-electron chi connectivity index (χ2n) is 4.19. The van der Waals surface area contributed by atoms with E-state index in [0.717, 1.165) is 6.07 Å². The lowest BCUT2D eigenvalue weighted by Gasteiger charge is -2.09. The zero-order valence-electron chi connectivity index (χ0n) is 10.6. The molecule has 1 amide bonds. The molecule has 0 unspecified atom stereocenters. The molecule has 2 aromatic rings. The summed E-state index contributed by atoms with van der Waals surface area (Å²) >= 11 is 5.78. The van der Waals surface area contributed by atoms with Gasteiger partial charge in [-0.3, -0.25) is 4.79 Å². The predicted octanol–water partition coefficient (Wildman–Crippen LogP) is 3.01. The average Bonchev–Trinajstić information content (AvgIpc) is 2.41. The Balaban J connectivity index is 2.33. The monoisotopic (exact) mass is 308 g/mol. The molecule has 0 aromatic heterocycles. The molecule has 7 heteroatoms. The zero-order chi connectivity index (χ0) is 15.6. The van der Waals surface area contributed by atoms with Crippen LogP contribution in [0.15, 0.2) is 36.4 Å². The molecule has 0 aliphatic carbocycles. The van der Waals surface area contributed by atoms with E-state index in [1.54, 1.807) is 0 Å². The lowest BCUT2D eigenvalue weighted by Crippen LogP contribution is -2.15. The van der Waals surface area contributed by atoms with E-state index in [-0.39, 0.29) is 27.5 Å². The van der Waals surface area contributed by atoms with Crippen molar-refractivity contribution < 1.29 is 19.1 Å². The number of nitrogen functional groups attached to an aromatic ring is 1. The minimum atomic E-state index is -1.22. The van der Waals surface area contributed by atoms with Crippen molar-refractivity contribution in [2.75, 3.05) is 11.1 Å². The molecule has 2 aromatic carbocycles. The molecule has 0 saturated heterocycles. The summed E-state index contributed by atoms with van der Waals surface area (Å²) < 4.78 is 13.3. The molecule has 5 nitrogen and oxygen atoms in total. The Bertz CT molecular complexity index is 734. The quantitative estimate of drug-likeness (QED) is 0.760. The van der Waals surface area contributed by atoms with Crippen LogP contribution in [0.1, 0.15) is 20.7 Å². The standard InChI is InChI=1S/C14H10ClFN2O3/c15-8-2-3-9(14(20)21)12(6-8)18-13(19)7-1-4-11(17)10(16)5-7/h1-6H,17H2,(H,18,19)(H,20,21). The Morgan fingerprint density at radius 3 is 2.52 bits per heavy atom. The summed E-state index contributed by atoms with van der Waals surface area (Å²) in [6, 6.07) is 7.51. The van der Waals surface area contributed by atoms with E-state index >= 15 is 0 Å². The number of aromatic carboxylic acids is 1. The summed E-state index contributed by atoms with van der Waals surface area (Å²) in [6.45, 7) is 0. The molecular formula is C14H10ClFN2O3. The van der Waals surface area contributed by atoms with Crippen LogP contribution in [0.25, 0.3) is 0 Å². The van der Waals surface area contributed by atoms with E-state index in [0.29, 0.717) is 0 Å². The number of anilines is 2. The molecule has 0 spiro atoms. The van der Waals surface area contributed by atoms with Gasteiger partial charge in [0.05, 0.1) is 16.9 Å². The first-order valence-corrected chi connectivity index (χ1v) is 6.15. The minimum Gasteiger partial charge on any atom is -0.478 e. The van der Waals surface area contributed by atoms with Crippen LogP contribution < -0.4 is 11.1 Å². The summed E-state index contributed by atoms with van der Waals surface area (Å²) in [6.07, 6.45) is 0. The number of hydrogen-bond donors (Lipinski definition) is 3. The van der Waals surface area contributed by atoms with Crippen LogP contribution in [-0.2, 0) is 0 Å². The van der Waals surface area contributed by atoms with E-state index in [1.807, 2.05) is 0 Å². The number of halogens is 2. The summed E-state index contributed by atoms with van der Waals surface area (Å²) in [4.78, 5) is 23.1. The van der Waals surface area contributed by atoms with E-state index in [1.165, 1.54) is 30.3 Å². The van der Waals surface area contributed by atoms with Crippen molar-refractivity contribution in [1.29, 1.82) is 0 Å². The van der Waals surface area contributed by atoms with Crippen LogP contribution in [0.4, 0.5) is 15.8 Å². The van der Waals surface area contributed by atoms with Crippen molar-refractivity contribution in [3.8, 4) is 0 Å². The average molecular weight is 309 g/mol. The number of rotatable bonds is 3. The van der Waals surface area contributed by atoms with E-state index in [4.69, 9.17) is 22.4 Å². The molecule has 0 aliphatic heterocycles. The van der Waals surface area contributed by atoms with Crippen molar-refractivity contribution in [1.82, 2.24) is 0 Å². The molecule has 0 heterocycles. The summed E-state index contributed by atoms with van der Waals surface area (Å²) in [7, 11) is 0. The molecule has 21 heavy (non-hydrogen) atoms. The van der Waals surface area contributed by atoms with Gasteiger partial charge in [-0.2, -0.15) is 0 Å². The third-order valence-corrected chi connectivity index (χ3v) is 2.96. The van der Waals surface area contributed by atoms with Gasteiger partial charge in [-0.15, -0.1) is 0 Å². The normalized spacial score (nSPS) is 10.2. The topological polar surface area (TPSA) is 92.4 Å². The van der Waals surface area contributed by atoms with E-state index < -0.39 is 17.7 Å². The highest BCUT2D eigenvalue weighted by molar-refractivity contribution is 6.31. The highest BCUT2D eigenvalue weighted by Crippen LogP contribution is 2.22. The Labute approximate surface area is 124 Å². The van der Waals surface area contributed by atoms with Gasteiger partial charge in [-0.1, -0.05) is 11.6 Å². The van der Waals surface area contributed by atoms with Gasteiger partial charge >= 0.3 is 5.97 Å². The van der Waals surface area contributed by atoms with Gasteiger partial charge < -0.3 is 16.2 Å². The molecule has 0 saturated carbocycles. The number of nitrogens with two attached hydrogens (primary N) is 1. The molecule has 0 radical (unpaired) electrons. The van der Waals surface area contributed by atoms with Crippen molar-refractivity contribution in [2.45, 2.75) is 0 Å². The summed E-state index contributed by atoms with van der Waals surface area (Å²) in [5.41, 5.74) is 5.16. The second-order valence-corrected chi connectivity index (χ2v) is 4.62. The van der Waals surface area contributed by atoms with Gasteiger partial charge in [-0.05, 0) is 36.4 Å². The molecule has 2 rings (SSSR count). The maximum Gasteiger partial charge on any atom is 0.337 e. The Morgan fingerprint density at radius 1 is 1.19 bits per heavy atom. The smallest absolute Gasteiger partial charge is 0.337 e. The van der Waals surface area contributed by atoms with Crippen molar-refractivity contribution in [3.63, 3.8) is 0 Å². The van der Waals surface area contributed by atoms with E-state index in [9.17, 15) is 14.0 Å². The number of benzene rings is 2. The zero-order valence-corrected chi connectivity index (χ0v) is 11.3. The van der Waals surface area contributed by atoms with Gasteiger partial charge in [0.25, 0.3) is 5.91 Å². The van der Waals surface area contributed by atoms with Crippen LogP contribution in [0.2, 0.25) is 5.02 Å². The first-order valence-electron chi connectivity index (χ1n) is 5.77. The number of carbonyl (C=O) groups is 2. The molecule has 4 N–H and O–H groups in total. The molecule has 0 atom stereocenters. The van der Waals surface area contributed by atoms with Crippen LogP contribution in [0.3, 0.4) is 0 Å². The largest absolute Gasteiger partial charge is 0.478 e. The number of amides is 1. The lowest BCUT2D eigenvalue weighted by molar-refractivity contribution is 0.0698. The Hall–Kier alpha value is -2.60. The number of carboxylic acid groups (broad SMARTS) is 1. The number of carbonyl (C=O) groups excluding carboxylic acids is 1. The molecular weight excluding hydrogens is 299 g/mol. The lowest BCUT2D eigenvalue weighted by atomic mass is 10.1. The first-order chi connectivity index (χ1) is 9.88. The van der Waals surface area contributed by atoms with Crippen LogP contribution in [0.5, 0.6) is 0 Å². The number of hydrogen-bond acceptors (Lipinski definition) is 3. The highest BCUT2D eigenvalue weighted by Gasteiger charge is 2.15. The van der Waals surface area contributed by atoms with Crippen LogP contribution in [0, 0.1) is 5.82 Å². The fourth-order valence-electron chi connectivity index (χ4n) is 1.67. The maximum absolute atomic E-state index is 13.3. The Morgan fingerprint density at radius 2 is 1.90 bits per heavy atom. The second kappa shape index (κ2) is 5.80. The third-order valence-electron chi connectivity index (χ3n) is 2.72. The minimum absolute atomic E-state index is 0.0121. The van der Waals surface area contributed by atoms with Gasteiger partial charge in [0.1, 0.15) is 5.82 Å². The van der Waals surface area contributed by atoms with Gasteiger partial charge in [0.15, 0.2) is 0 Å². The SMILES string of the molecule is Nc1ccc(C(=O)Nc2cc(Cl)ccc2C(=O)O)cc1F. The third kappa shape index (κ3) is 3.29. The Kier molecular flexibility index (Phi) is 4.09. The molecule has 0 bridgehead atoms. The van der Waals surface area contributed by atoms with Crippen molar-refractivity contribution in [3.05, 3.63) is 58.4 Å². The summed E-state index contributed by atoms with van der Waals surface area (Å²) in [5, 5.41) is 11.7. The molecule has 0 aliphatic rings. The van der Waals surface area contributed by atoms with E-state index in [2.05, 4.69) is 5.32 Å². The maximum atomic E-state index is 13.3.